The topological polar surface area (TPSA) is 55.6 Å². The maximum absolute atomic E-state index is 12.2. The summed E-state index contributed by atoms with van der Waals surface area (Å²) in [7, 11) is 0. The minimum Gasteiger partial charge on any atom is -0.378 e. The quantitative estimate of drug-likeness (QED) is 0.836. The fourth-order valence-corrected chi connectivity index (χ4v) is 3.55. The highest BCUT2D eigenvalue weighted by Crippen LogP contribution is 2.41. The Labute approximate surface area is 115 Å². The van der Waals surface area contributed by atoms with E-state index in [0.717, 1.165) is 25.9 Å². The van der Waals surface area contributed by atoms with Crippen LogP contribution in [-0.4, -0.2) is 42.6 Å². The van der Waals surface area contributed by atoms with Crippen LogP contribution in [0.15, 0.2) is 0 Å². The van der Waals surface area contributed by atoms with Gasteiger partial charge < -0.3 is 15.4 Å². The summed E-state index contributed by atoms with van der Waals surface area (Å²) in [5.74, 6) is 1.68. The second-order valence-corrected chi connectivity index (χ2v) is 5.74. The van der Waals surface area contributed by atoms with Crippen molar-refractivity contribution < 1.29 is 9.53 Å². The van der Waals surface area contributed by atoms with E-state index < -0.39 is 0 Å². The second-order valence-electron chi connectivity index (χ2n) is 5.74. The van der Waals surface area contributed by atoms with Gasteiger partial charge in [0, 0.05) is 25.7 Å². The molecule has 1 aliphatic heterocycles. The number of ether oxygens (including phenoxy) is 1. The van der Waals surface area contributed by atoms with Crippen LogP contribution < -0.4 is 5.73 Å². The molecule has 0 spiro atoms. The van der Waals surface area contributed by atoms with Gasteiger partial charge >= 0.3 is 0 Å². The predicted octanol–water partition coefficient (Wildman–Crippen LogP) is 1.03. The number of likely N-dealkylation sites (tertiary alicyclic amines) is 1. The van der Waals surface area contributed by atoms with Crippen LogP contribution in [0.2, 0.25) is 0 Å². The first-order valence-corrected chi connectivity index (χ1v) is 6.86. The summed E-state index contributed by atoms with van der Waals surface area (Å²) in [6.07, 6.45) is 3.46. The van der Waals surface area contributed by atoms with E-state index in [1.807, 2.05) is 11.8 Å². The van der Waals surface area contributed by atoms with Crippen molar-refractivity contribution in [3.05, 3.63) is 0 Å². The Bertz CT molecular complexity index is 326. The first-order valence-electron chi connectivity index (χ1n) is 6.86. The molecular weight excluding hydrogens is 252 g/mol. The van der Waals surface area contributed by atoms with E-state index in [-0.39, 0.29) is 24.4 Å². The number of rotatable bonds is 3. The third-order valence-electron chi connectivity index (χ3n) is 4.65. The molecule has 5 heteroatoms. The second kappa shape index (κ2) is 5.35. The number of nitrogens with zero attached hydrogens (tertiary/aromatic N) is 1. The van der Waals surface area contributed by atoms with Gasteiger partial charge in [-0.25, -0.2) is 0 Å². The number of amides is 1. The standard InChI is InChI=1S/C13H22N2O2.ClH/c1-2-17-12-5-9(12)13(16)15-6-8-3-4-11(14)10(8)7-15;/h8-12H,2-7,14H2,1H3;1H. The number of halogens is 1. The lowest BCUT2D eigenvalue weighted by molar-refractivity contribution is -0.132. The van der Waals surface area contributed by atoms with Gasteiger partial charge in [0.05, 0.1) is 12.0 Å². The molecule has 1 saturated heterocycles. The van der Waals surface area contributed by atoms with E-state index in [1.54, 1.807) is 0 Å². The first-order chi connectivity index (χ1) is 8.20. The lowest BCUT2D eigenvalue weighted by atomic mass is 9.98. The molecule has 3 rings (SSSR count). The molecule has 2 N–H and O–H groups in total. The molecule has 2 saturated carbocycles. The molecule has 0 aromatic heterocycles. The van der Waals surface area contributed by atoms with Crippen LogP contribution in [0.4, 0.5) is 0 Å². The fraction of sp³-hybridized carbons (Fsp3) is 0.923. The van der Waals surface area contributed by atoms with Gasteiger partial charge in [-0.15, -0.1) is 12.4 Å². The van der Waals surface area contributed by atoms with Crippen molar-refractivity contribution in [1.29, 1.82) is 0 Å². The average molecular weight is 275 g/mol. The summed E-state index contributed by atoms with van der Waals surface area (Å²) in [5.41, 5.74) is 6.09. The highest BCUT2D eigenvalue weighted by atomic mass is 35.5. The zero-order valence-corrected chi connectivity index (χ0v) is 11.7. The molecule has 5 unspecified atom stereocenters. The van der Waals surface area contributed by atoms with Gasteiger partial charge in [-0.05, 0) is 38.0 Å². The van der Waals surface area contributed by atoms with Crippen molar-refractivity contribution in [2.45, 2.75) is 38.3 Å². The SMILES string of the molecule is CCOC1CC1C(=O)N1CC2CCC(N)C2C1.Cl. The molecule has 5 atom stereocenters. The molecule has 1 heterocycles. The van der Waals surface area contributed by atoms with Gasteiger partial charge in [0.25, 0.3) is 0 Å². The number of hydrogen-bond donors (Lipinski definition) is 1. The first kappa shape index (κ1) is 14.1. The van der Waals surface area contributed by atoms with Crippen LogP contribution in [0.5, 0.6) is 0 Å². The Morgan fingerprint density at radius 3 is 2.83 bits per heavy atom. The van der Waals surface area contributed by atoms with E-state index in [0.29, 0.717) is 30.4 Å². The van der Waals surface area contributed by atoms with Crippen molar-refractivity contribution in [3.8, 4) is 0 Å². The minimum absolute atomic E-state index is 0. The Morgan fingerprint density at radius 2 is 2.17 bits per heavy atom. The molecule has 104 valence electrons. The van der Waals surface area contributed by atoms with Gasteiger partial charge in [0.1, 0.15) is 0 Å². The third kappa shape index (κ3) is 2.38. The number of hydrogen-bond acceptors (Lipinski definition) is 3. The summed E-state index contributed by atoms with van der Waals surface area (Å²) in [5, 5.41) is 0. The molecule has 0 radical (unpaired) electrons. The summed E-state index contributed by atoms with van der Waals surface area (Å²) >= 11 is 0. The van der Waals surface area contributed by atoms with Crippen LogP contribution in [0, 0.1) is 17.8 Å². The van der Waals surface area contributed by atoms with Crippen LogP contribution in [-0.2, 0) is 9.53 Å². The smallest absolute Gasteiger partial charge is 0.228 e. The third-order valence-corrected chi connectivity index (χ3v) is 4.65. The molecule has 0 bridgehead atoms. The van der Waals surface area contributed by atoms with Crippen LogP contribution in [0.1, 0.15) is 26.2 Å². The lowest BCUT2D eigenvalue weighted by Crippen LogP contribution is -2.35. The Hall–Kier alpha value is -0.320. The predicted molar refractivity (Wildman–Crippen MR) is 71.5 cm³/mol. The normalized spacial score (nSPS) is 41.4. The summed E-state index contributed by atoms with van der Waals surface area (Å²) in [6, 6.07) is 0.319. The van der Waals surface area contributed by atoms with Crippen molar-refractivity contribution in [3.63, 3.8) is 0 Å². The molecule has 2 aliphatic carbocycles. The van der Waals surface area contributed by atoms with E-state index in [2.05, 4.69) is 0 Å². The number of nitrogens with two attached hydrogens (primary N) is 1. The van der Waals surface area contributed by atoms with E-state index in [1.165, 1.54) is 6.42 Å². The zero-order chi connectivity index (χ0) is 12.0. The summed E-state index contributed by atoms with van der Waals surface area (Å²) in [4.78, 5) is 14.3. The summed E-state index contributed by atoms with van der Waals surface area (Å²) in [6.45, 7) is 4.52. The van der Waals surface area contributed by atoms with Crippen molar-refractivity contribution in [2.75, 3.05) is 19.7 Å². The van der Waals surface area contributed by atoms with E-state index >= 15 is 0 Å². The van der Waals surface area contributed by atoms with E-state index in [9.17, 15) is 4.79 Å². The van der Waals surface area contributed by atoms with Gasteiger partial charge in [0.2, 0.25) is 5.91 Å². The van der Waals surface area contributed by atoms with Crippen molar-refractivity contribution in [2.24, 2.45) is 23.5 Å². The van der Waals surface area contributed by atoms with Crippen LogP contribution in [0.3, 0.4) is 0 Å². The fourth-order valence-electron chi connectivity index (χ4n) is 3.55. The molecule has 3 aliphatic rings. The van der Waals surface area contributed by atoms with Gasteiger partial charge in [-0.1, -0.05) is 0 Å². The number of fused-ring (bicyclic) bond motifs is 1. The van der Waals surface area contributed by atoms with Crippen molar-refractivity contribution >= 4 is 18.3 Å². The van der Waals surface area contributed by atoms with Gasteiger partial charge in [-0.2, -0.15) is 0 Å². The minimum atomic E-state index is 0. The van der Waals surface area contributed by atoms with Gasteiger partial charge in [-0.3, -0.25) is 4.79 Å². The average Bonchev–Trinajstić information content (AvgIpc) is 2.81. The maximum atomic E-state index is 12.2. The molecule has 0 aromatic rings. The molecule has 1 amide bonds. The highest BCUT2D eigenvalue weighted by Gasteiger charge is 2.49. The Morgan fingerprint density at radius 1 is 1.39 bits per heavy atom. The van der Waals surface area contributed by atoms with Crippen LogP contribution >= 0.6 is 12.4 Å². The number of carbonyl (C=O) groups excluding carboxylic acids is 1. The lowest BCUT2D eigenvalue weighted by Gasteiger charge is -2.18. The monoisotopic (exact) mass is 274 g/mol. The molecule has 4 nitrogen and oxygen atoms in total. The largest absolute Gasteiger partial charge is 0.378 e. The Balaban J connectivity index is 0.00000120. The highest BCUT2D eigenvalue weighted by molar-refractivity contribution is 5.85. The zero-order valence-electron chi connectivity index (χ0n) is 10.9. The summed E-state index contributed by atoms with van der Waals surface area (Å²) < 4.78 is 5.49. The molecule has 0 aromatic carbocycles. The number of carbonyl (C=O) groups is 1. The van der Waals surface area contributed by atoms with E-state index in [4.69, 9.17) is 10.5 Å². The maximum Gasteiger partial charge on any atom is 0.228 e. The van der Waals surface area contributed by atoms with Gasteiger partial charge in [0.15, 0.2) is 0 Å². The van der Waals surface area contributed by atoms with Crippen LogP contribution in [0.25, 0.3) is 0 Å². The molecule has 18 heavy (non-hydrogen) atoms. The molecule has 3 fully saturated rings. The Kier molecular flexibility index (Phi) is 4.19. The molecular formula is C13H23ClN2O2. The van der Waals surface area contributed by atoms with Crippen molar-refractivity contribution in [1.82, 2.24) is 4.90 Å².